The highest BCUT2D eigenvalue weighted by Gasteiger charge is 2.56. The second-order valence-corrected chi connectivity index (χ2v) is 10.1. The lowest BCUT2D eigenvalue weighted by atomic mass is 10.1. The first-order valence-electron chi connectivity index (χ1n) is 13.4. The number of carboxylic acids is 1. The molecule has 2 aromatic carbocycles. The number of hydrogen-bond donors (Lipinski definition) is 4. The van der Waals surface area contributed by atoms with Gasteiger partial charge in [-0.05, 0) is 19.1 Å². The van der Waals surface area contributed by atoms with E-state index in [-0.39, 0.29) is 28.5 Å². The summed E-state index contributed by atoms with van der Waals surface area (Å²) >= 11 is 6.26. The molecule has 0 aliphatic carbocycles. The van der Waals surface area contributed by atoms with Crippen LogP contribution >= 0.6 is 11.6 Å². The number of rotatable bonds is 8. The highest BCUT2D eigenvalue weighted by Crippen LogP contribution is 2.45. The average Bonchev–Trinajstić information content (AvgIpc) is 3.71. The number of carboxylic acid groups (broad SMARTS) is 1. The van der Waals surface area contributed by atoms with Crippen molar-refractivity contribution in [3.63, 3.8) is 0 Å². The zero-order valence-corrected chi connectivity index (χ0v) is 23.4. The van der Waals surface area contributed by atoms with Crippen molar-refractivity contribution in [2.75, 3.05) is 11.9 Å². The van der Waals surface area contributed by atoms with Gasteiger partial charge in [0.2, 0.25) is 0 Å². The summed E-state index contributed by atoms with van der Waals surface area (Å²) in [6.07, 6.45) is -1.68. The predicted octanol–water partition coefficient (Wildman–Crippen LogP) is 3.02. The number of fused-ring (bicyclic) bond motifs is 2. The zero-order chi connectivity index (χ0) is 30.1. The van der Waals surface area contributed by atoms with E-state index >= 15 is 0 Å². The van der Waals surface area contributed by atoms with Gasteiger partial charge < -0.3 is 30.0 Å². The first-order chi connectivity index (χ1) is 20.9. The van der Waals surface area contributed by atoms with Crippen molar-refractivity contribution in [3.05, 3.63) is 82.9 Å². The van der Waals surface area contributed by atoms with Crippen LogP contribution in [0.25, 0.3) is 11.2 Å². The molecule has 2 aliphatic rings. The molecule has 0 spiro atoms. The Bertz CT molecular complexity index is 1680. The van der Waals surface area contributed by atoms with E-state index in [1.807, 2.05) is 30.3 Å². The molecule has 0 saturated carbocycles. The number of benzene rings is 2. The largest absolute Gasteiger partial charge is 0.478 e. The van der Waals surface area contributed by atoms with Crippen LogP contribution in [0.3, 0.4) is 0 Å². The number of urea groups is 1. The van der Waals surface area contributed by atoms with Gasteiger partial charge in [-0.3, -0.25) is 14.7 Å². The average molecular weight is 608 g/mol. The molecule has 0 bridgehead atoms. The number of halogens is 1. The van der Waals surface area contributed by atoms with Gasteiger partial charge in [-0.1, -0.05) is 48.0 Å². The molecule has 6 rings (SSSR count). The maximum Gasteiger partial charge on any atom is 0.336 e. The minimum absolute atomic E-state index is 0.0258. The van der Waals surface area contributed by atoms with Crippen LogP contribution in [-0.4, -0.2) is 67.4 Å². The van der Waals surface area contributed by atoms with Gasteiger partial charge in [0.05, 0.1) is 11.9 Å². The number of carbonyl (C=O) groups excluding carboxylic acids is 2. The quantitative estimate of drug-likeness (QED) is 0.233. The molecule has 14 nitrogen and oxygen atoms in total. The van der Waals surface area contributed by atoms with Gasteiger partial charge in [0.15, 0.2) is 35.6 Å². The van der Waals surface area contributed by atoms with Crippen LogP contribution in [-0.2, 0) is 25.5 Å². The molecule has 43 heavy (non-hydrogen) atoms. The fourth-order valence-electron chi connectivity index (χ4n) is 5.11. The lowest BCUT2D eigenvalue weighted by Crippen LogP contribution is -2.42. The van der Waals surface area contributed by atoms with Crippen molar-refractivity contribution >= 4 is 46.5 Å². The third-order valence-corrected chi connectivity index (χ3v) is 7.43. The molecule has 2 aromatic heterocycles. The monoisotopic (exact) mass is 607 g/mol. The van der Waals surface area contributed by atoms with Gasteiger partial charge in [-0.25, -0.2) is 24.5 Å². The first kappa shape index (κ1) is 28.5. The Balaban J connectivity index is 1.30. The topological polar surface area (TPSA) is 179 Å². The van der Waals surface area contributed by atoms with Crippen molar-refractivity contribution in [3.8, 4) is 0 Å². The Labute approximate surface area is 249 Å². The summed E-state index contributed by atoms with van der Waals surface area (Å²) in [6.45, 7) is 2.06. The fraction of sp³-hybridized carbons (Fsp3) is 0.286. The Morgan fingerprint density at radius 1 is 0.977 bits per heavy atom. The summed E-state index contributed by atoms with van der Waals surface area (Å²) in [4.78, 5) is 50.3. The molecule has 2 fully saturated rings. The van der Waals surface area contributed by atoms with E-state index in [4.69, 9.17) is 25.8 Å². The van der Waals surface area contributed by atoms with Crippen LogP contribution in [0.5, 0.6) is 0 Å². The van der Waals surface area contributed by atoms with Gasteiger partial charge in [0.25, 0.3) is 5.91 Å². The van der Waals surface area contributed by atoms with Crippen LogP contribution < -0.4 is 16.0 Å². The van der Waals surface area contributed by atoms with E-state index in [1.54, 1.807) is 17.6 Å². The lowest BCUT2D eigenvalue weighted by molar-refractivity contribution is -0.161. The molecule has 4 N–H and O–H groups in total. The van der Waals surface area contributed by atoms with Crippen molar-refractivity contribution in [2.45, 2.75) is 44.3 Å². The number of imidazole rings is 1. The van der Waals surface area contributed by atoms with Crippen LogP contribution in [0.1, 0.15) is 40.9 Å². The smallest absolute Gasteiger partial charge is 0.336 e. The van der Waals surface area contributed by atoms with Crippen LogP contribution in [0.2, 0.25) is 5.02 Å². The Hall–Kier alpha value is -4.63. The summed E-state index contributed by atoms with van der Waals surface area (Å²) in [5.41, 5.74) is 1.62. The van der Waals surface area contributed by atoms with E-state index in [0.717, 1.165) is 5.56 Å². The van der Waals surface area contributed by atoms with E-state index in [0.29, 0.717) is 17.7 Å². The third-order valence-electron chi connectivity index (χ3n) is 7.07. The van der Waals surface area contributed by atoms with E-state index in [2.05, 4.69) is 30.9 Å². The standard InChI is InChI=1S/C28H26ClN7O7/c1-2-30-28(40)35-22-18-23(33-12-32-22)36(13-34-18)25-21-19(42-27(43-21)14-7-4-3-5-8-14)20(41-25)24(37)31-11-16-15(26(38)39)9-6-10-17(16)29/h3-10,12-13,19-21,25,27H,2,11H2,1H3,(H,31,37)(H,38,39)(H2,30,32,33,35,40)/t19?,20?,21?,25?,27-/m0/s1. The van der Waals surface area contributed by atoms with Gasteiger partial charge in [-0.15, -0.1) is 0 Å². The third kappa shape index (κ3) is 5.48. The zero-order valence-electron chi connectivity index (χ0n) is 22.6. The molecule has 222 valence electrons. The normalized spacial score (nSPS) is 22.7. The molecule has 4 unspecified atom stereocenters. The first-order valence-corrected chi connectivity index (χ1v) is 13.8. The van der Waals surface area contributed by atoms with Crippen molar-refractivity contribution in [1.82, 2.24) is 30.2 Å². The van der Waals surface area contributed by atoms with Gasteiger partial charge >= 0.3 is 12.0 Å². The molecule has 4 heterocycles. The van der Waals surface area contributed by atoms with Gasteiger partial charge in [0.1, 0.15) is 18.5 Å². The van der Waals surface area contributed by atoms with Crippen LogP contribution in [0, 0.1) is 0 Å². The maximum absolute atomic E-state index is 13.5. The van der Waals surface area contributed by atoms with Gasteiger partial charge in [0, 0.05) is 29.2 Å². The van der Waals surface area contributed by atoms with E-state index in [9.17, 15) is 19.5 Å². The number of anilines is 1. The summed E-state index contributed by atoms with van der Waals surface area (Å²) in [7, 11) is 0. The molecule has 0 radical (unpaired) electrons. The summed E-state index contributed by atoms with van der Waals surface area (Å²) in [5, 5.41) is 17.8. The van der Waals surface area contributed by atoms with Crippen molar-refractivity contribution < 1.29 is 33.7 Å². The number of hydrogen-bond acceptors (Lipinski definition) is 9. The second-order valence-electron chi connectivity index (χ2n) is 9.71. The number of carbonyl (C=O) groups is 3. The minimum atomic E-state index is -1.17. The SMILES string of the molecule is CCNC(=O)Nc1ncnc2c1ncn2C1OC(C(=O)NCc2c(Cl)cccc2C(=O)O)C2O[C@H](c3ccccc3)OC21. The van der Waals surface area contributed by atoms with Crippen molar-refractivity contribution in [1.29, 1.82) is 0 Å². The predicted molar refractivity (Wildman–Crippen MR) is 151 cm³/mol. The number of aromatic nitrogens is 4. The van der Waals surface area contributed by atoms with E-state index < -0.39 is 48.7 Å². The molecule has 5 atom stereocenters. The lowest BCUT2D eigenvalue weighted by Gasteiger charge is -2.21. The van der Waals surface area contributed by atoms with E-state index in [1.165, 1.54) is 24.8 Å². The molecule has 2 aliphatic heterocycles. The van der Waals surface area contributed by atoms with Crippen LogP contribution in [0.4, 0.5) is 10.6 Å². The Morgan fingerprint density at radius 2 is 1.77 bits per heavy atom. The fourth-order valence-corrected chi connectivity index (χ4v) is 5.35. The Morgan fingerprint density at radius 3 is 2.53 bits per heavy atom. The number of ether oxygens (including phenoxy) is 3. The number of amides is 3. The summed E-state index contributed by atoms with van der Waals surface area (Å²) in [5.74, 6) is -1.53. The van der Waals surface area contributed by atoms with Gasteiger partial charge in [-0.2, -0.15) is 0 Å². The molecule has 4 aromatic rings. The summed E-state index contributed by atoms with van der Waals surface area (Å²) < 4.78 is 20.4. The molecular formula is C28H26ClN7O7. The number of nitrogens with zero attached hydrogens (tertiary/aromatic N) is 4. The molecule has 3 amide bonds. The molecule has 15 heteroatoms. The summed E-state index contributed by atoms with van der Waals surface area (Å²) in [6, 6.07) is 13.3. The number of aromatic carboxylic acids is 1. The maximum atomic E-state index is 13.5. The van der Waals surface area contributed by atoms with Crippen LogP contribution in [0.15, 0.2) is 61.2 Å². The second kappa shape index (κ2) is 11.9. The molecular weight excluding hydrogens is 582 g/mol. The highest BCUT2D eigenvalue weighted by molar-refractivity contribution is 6.31. The minimum Gasteiger partial charge on any atom is -0.478 e. The Kier molecular flexibility index (Phi) is 7.90. The molecule has 2 saturated heterocycles. The van der Waals surface area contributed by atoms with Crippen molar-refractivity contribution in [2.24, 2.45) is 0 Å². The highest BCUT2D eigenvalue weighted by atomic mass is 35.5. The number of nitrogens with one attached hydrogen (secondary N) is 3.